The first kappa shape index (κ1) is 24.6. The van der Waals surface area contributed by atoms with Crippen LogP contribution in [0.4, 0.5) is 0 Å². The molecular formula is C32H34N2OS. The summed E-state index contributed by atoms with van der Waals surface area (Å²) in [5, 5.41) is 5.10. The van der Waals surface area contributed by atoms with E-state index in [9.17, 15) is 4.79 Å². The smallest absolute Gasteiger partial charge is 0.248 e. The van der Waals surface area contributed by atoms with E-state index < -0.39 is 0 Å². The Labute approximate surface area is 219 Å². The van der Waals surface area contributed by atoms with E-state index in [-0.39, 0.29) is 11.2 Å². The number of hydrogen-bond donors (Lipinski definition) is 0. The van der Waals surface area contributed by atoms with Crippen LogP contribution in [0.15, 0.2) is 95.9 Å². The van der Waals surface area contributed by atoms with Crippen molar-refractivity contribution in [1.29, 1.82) is 0 Å². The van der Waals surface area contributed by atoms with E-state index in [0.717, 1.165) is 40.3 Å². The van der Waals surface area contributed by atoms with Crippen LogP contribution in [0.25, 0.3) is 11.3 Å². The third kappa shape index (κ3) is 5.05. The average Bonchev–Trinajstić information content (AvgIpc) is 3.31. The summed E-state index contributed by atoms with van der Waals surface area (Å²) < 4.78 is 1.75. The van der Waals surface area contributed by atoms with Crippen LogP contribution in [0.2, 0.25) is 0 Å². The van der Waals surface area contributed by atoms with Gasteiger partial charge in [0.05, 0.1) is 11.4 Å². The highest BCUT2D eigenvalue weighted by atomic mass is 32.2. The molecule has 1 heterocycles. The molecule has 0 N–H and O–H groups in total. The molecule has 184 valence electrons. The zero-order valence-electron chi connectivity index (χ0n) is 21.3. The summed E-state index contributed by atoms with van der Waals surface area (Å²) in [5.74, 6) is 1.31. The predicted octanol–water partition coefficient (Wildman–Crippen LogP) is 8.75. The maximum absolute atomic E-state index is 14.1. The quantitative estimate of drug-likeness (QED) is 0.241. The highest BCUT2D eigenvalue weighted by molar-refractivity contribution is 7.99. The first-order chi connectivity index (χ1) is 17.5. The molecule has 0 fully saturated rings. The van der Waals surface area contributed by atoms with Crippen molar-refractivity contribution in [3.63, 3.8) is 0 Å². The first-order valence-corrected chi connectivity index (χ1v) is 13.9. The summed E-state index contributed by atoms with van der Waals surface area (Å²) in [6.45, 7) is 6.83. The lowest BCUT2D eigenvalue weighted by molar-refractivity contribution is 0.0887. The lowest BCUT2D eigenvalue weighted by Gasteiger charge is -2.28. The molecule has 1 unspecified atom stereocenters. The Morgan fingerprint density at radius 3 is 2.17 bits per heavy atom. The summed E-state index contributed by atoms with van der Waals surface area (Å²) >= 11 is 1.75. The van der Waals surface area contributed by atoms with Gasteiger partial charge in [0.1, 0.15) is 0 Å². The van der Waals surface area contributed by atoms with E-state index >= 15 is 0 Å². The van der Waals surface area contributed by atoms with Crippen molar-refractivity contribution < 1.29 is 4.79 Å². The maximum atomic E-state index is 14.1. The van der Waals surface area contributed by atoms with Crippen molar-refractivity contribution in [3.05, 3.63) is 108 Å². The summed E-state index contributed by atoms with van der Waals surface area (Å²) in [5.41, 5.74) is 5.62. The van der Waals surface area contributed by atoms with Gasteiger partial charge >= 0.3 is 0 Å². The van der Waals surface area contributed by atoms with Crippen LogP contribution in [0, 0.1) is 5.92 Å². The minimum atomic E-state index is 0.00395. The fraction of sp³-hybridized carbons (Fsp3) is 0.312. The van der Waals surface area contributed by atoms with Crippen LogP contribution in [0.3, 0.4) is 0 Å². The maximum Gasteiger partial charge on any atom is 0.248 e. The highest BCUT2D eigenvalue weighted by Crippen LogP contribution is 2.46. The summed E-state index contributed by atoms with van der Waals surface area (Å²) in [6, 6.07) is 31.1. The number of aromatic nitrogens is 2. The molecule has 0 saturated carbocycles. The van der Waals surface area contributed by atoms with Crippen LogP contribution in [0.5, 0.6) is 0 Å². The Hall–Kier alpha value is -3.11. The van der Waals surface area contributed by atoms with Gasteiger partial charge in [-0.2, -0.15) is 9.78 Å². The molecule has 3 aromatic carbocycles. The van der Waals surface area contributed by atoms with Crippen molar-refractivity contribution in [2.24, 2.45) is 5.92 Å². The number of rotatable bonds is 7. The molecule has 0 bridgehead atoms. The van der Waals surface area contributed by atoms with Gasteiger partial charge in [-0.15, -0.1) is 11.8 Å². The van der Waals surface area contributed by atoms with Crippen LogP contribution >= 0.6 is 11.8 Å². The van der Waals surface area contributed by atoms with Gasteiger partial charge in [0.15, 0.2) is 0 Å². The molecule has 4 aromatic rings. The zero-order valence-corrected chi connectivity index (χ0v) is 22.1. The molecule has 1 aromatic heterocycles. The van der Waals surface area contributed by atoms with Crippen molar-refractivity contribution in [3.8, 4) is 11.3 Å². The molecule has 1 aliphatic rings. The number of hydrogen-bond acceptors (Lipinski definition) is 3. The predicted molar refractivity (Wildman–Crippen MR) is 150 cm³/mol. The van der Waals surface area contributed by atoms with Crippen LogP contribution < -0.4 is 0 Å². The monoisotopic (exact) mass is 494 g/mol. The first-order valence-electron chi connectivity index (χ1n) is 13.0. The molecule has 0 saturated heterocycles. The van der Waals surface area contributed by atoms with Crippen LogP contribution in [0.1, 0.15) is 78.7 Å². The highest BCUT2D eigenvalue weighted by Gasteiger charge is 2.35. The Morgan fingerprint density at radius 1 is 0.917 bits per heavy atom. The van der Waals surface area contributed by atoms with Gasteiger partial charge in [-0.3, -0.25) is 4.79 Å². The van der Waals surface area contributed by atoms with Crippen molar-refractivity contribution in [1.82, 2.24) is 9.78 Å². The average molecular weight is 495 g/mol. The van der Waals surface area contributed by atoms with E-state index in [1.54, 1.807) is 16.4 Å². The topological polar surface area (TPSA) is 34.9 Å². The second-order valence-electron chi connectivity index (χ2n) is 10.2. The van der Waals surface area contributed by atoms with E-state index in [1.165, 1.54) is 5.56 Å². The minimum absolute atomic E-state index is 0.00395. The second-order valence-corrected chi connectivity index (χ2v) is 11.5. The molecular weight excluding hydrogens is 460 g/mol. The molecule has 4 heteroatoms. The zero-order chi connectivity index (χ0) is 25.1. The van der Waals surface area contributed by atoms with E-state index in [0.29, 0.717) is 24.2 Å². The van der Waals surface area contributed by atoms with E-state index in [1.807, 2.05) is 18.2 Å². The number of fused-ring (bicyclic) bond motifs is 1. The Bertz CT molecular complexity index is 1300. The van der Waals surface area contributed by atoms with Crippen molar-refractivity contribution >= 4 is 17.7 Å². The molecule has 1 aliphatic carbocycles. The molecule has 36 heavy (non-hydrogen) atoms. The van der Waals surface area contributed by atoms with Gasteiger partial charge in [0.2, 0.25) is 5.91 Å². The molecule has 0 aliphatic heterocycles. The largest absolute Gasteiger partial charge is 0.272 e. The number of thioether (sulfide) groups is 1. The number of carbonyl (C=O) groups is 1. The molecule has 5 rings (SSSR count). The van der Waals surface area contributed by atoms with Crippen molar-refractivity contribution in [2.45, 2.75) is 62.0 Å². The molecule has 0 radical (unpaired) electrons. The van der Waals surface area contributed by atoms with Gasteiger partial charge in [-0.1, -0.05) is 99.6 Å². The summed E-state index contributed by atoms with van der Waals surface area (Å²) in [7, 11) is 0. The van der Waals surface area contributed by atoms with Crippen LogP contribution in [-0.4, -0.2) is 15.7 Å². The minimum Gasteiger partial charge on any atom is -0.272 e. The van der Waals surface area contributed by atoms with E-state index in [2.05, 4.69) is 93.6 Å². The lowest BCUT2D eigenvalue weighted by atomic mass is 9.75. The Morgan fingerprint density at radius 2 is 1.53 bits per heavy atom. The van der Waals surface area contributed by atoms with Gasteiger partial charge in [-0.25, -0.2) is 0 Å². The van der Waals surface area contributed by atoms with Crippen molar-refractivity contribution in [2.75, 3.05) is 0 Å². The van der Waals surface area contributed by atoms with Gasteiger partial charge in [0.25, 0.3) is 0 Å². The fourth-order valence-electron chi connectivity index (χ4n) is 5.42. The normalized spacial score (nSPS) is 18.1. The third-order valence-electron chi connectivity index (χ3n) is 7.35. The summed E-state index contributed by atoms with van der Waals surface area (Å²) in [4.78, 5) is 15.3. The van der Waals surface area contributed by atoms with Gasteiger partial charge < -0.3 is 0 Å². The molecule has 0 amide bonds. The van der Waals surface area contributed by atoms with Gasteiger partial charge in [-0.05, 0) is 42.4 Å². The summed E-state index contributed by atoms with van der Waals surface area (Å²) in [6.07, 6.45) is 2.64. The fourth-order valence-corrected chi connectivity index (χ4v) is 6.59. The van der Waals surface area contributed by atoms with Gasteiger partial charge in [0, 0.05) is 33.6 Å². The van der Waals surface area contributed by atoms with Crippen LogP contribution in [-0.2, 0) is 0 Å². The Balaban J connectivity index is 1.57. The lowest BCUT2D eigenvalue weighted by Crippen LogP contribution is -2.17. The number of nitrogens with zero attached hydrogens (tertiary/aromatic N) is 2. The molecule has 3 atom stereocenters. The number of benzene rings is 3. The third-order valence-corrected chi connectivity index (χ3v) is 8.61. The second kappa shape index (κ2) is 10.9. The standard InChI is InChI=1S/C32H34N2OS/c1-22(2)27-20-19-23(3)30-31(27)33-34(32(30)25-15-9-5-10-16-25)29(35)21-28(24-13-7-4-8-14-24)36-26-17-11-6-12-18-26/h4-18,22-23,27-28H,19-21H2,1-3H3/t23-,27+,28?/m1/s1. The van der Waals surface area contributed by atoms with E-state index in [4.69, 9.17) is 5.10 Å². The number of carbonyl (C=O) groups excluding carboxylic acids is 1. The molecule has 0 spiro atoms. The molecule has 3 nitrogen and oxygen atoms in total. The Kier molecular flexibility index (Phi) is 7.43. The SMILES string of the molecule is CC(C)[C@@H]1CC[C@@H](C)c2c1nn(C(=O)CC(Sc1ccccc1)c1ccccc1)c2-c1ccccc1.